The molecule has 7 heterocycles. The summed E-state index contributed by atoms with van der Waals surface area (Å²) < 4.78 is 84.2. The van der Waals surface area contributed by atoms with Crippen LogP contribution in [0.1, 0.15) is 120 Å². The first-order valence-corrected chi connectivity index (χ1v) is 37.7. The molecule has 36 nitrogen and oxygen atoms in total. The summed E-state index contributed by atoms with van der Waals surface area (Å²) in [5.41, 5.74) is -2.50. The Kier molecular flexibility index (Phi) is 25.3. The van der Waals surface area contributed by atoms with E-state index in [1.165, 1.54) is 13.8 Å². The standard InChI is InChI=1S/C71H116O36/c1-26-38(77)44(83)49(88)59(96-26)105-56-53(92)63(100-33(22-74)54(56)103-60-50(89)46(85)42(81)32(21-73)99-60)104-55-39(78)27(2)97-62(52(55)91)106-57-40(79)30(76)23-94-64(57)102-37-12-13-67(5)35(68(37,6)25-75)11-14-70(8)36(67)10-9-28-29-19-66(3,4)15-17-71(29,18-16-69(28,70)7)65(93)107-61-51(90)47(86)43(82)34(101-61)24-95-58-48(87)45(84)41(80)31(20-72)98-58/h9,26-27,29-64,72-92H,10-25H2,1-8H3/t26-,27-,29+,30-,31-,32-,33+,34-,35+,36+,37-,38-,39-,40+,41-,42-,43-,44+,45+,46+,47+,48-,49-,50-,51-,52-,53+,54+,55+,56+,57-,58-,59+,60+,61+,62+,63-,64+,67-,68-,69+,70+,71+/m0/s1. The average molecular weight is 1550 g/mol. The average Bonchev–Trinajstić information content (AvgIpc) is 0.673. The van der Waals surface area contributed by atoms with Crippen molar-refractivity contribution in [3.8, 4) is 0 Å². The zero-order valence-electron chi connectivity index (χ0n) is 61.3. The van der Waals surface area contributed by atoms with Crippen molar-refractivity contribution in [1.29, 1.82) is 0 Å². The maximum Gasteiger partial charge on any atom is 0.315 e. The first kappa shape index (κ1) is 84.3. The van der Waals surface area contributed by atoms with Crippen LogP contribution >= 0.6 is 0 Å². The van der Waals surface area contributed by atoms with Crippen molar-refractivity contribution in [2.75, 3.05) is 39.6 Å². The molecule has 0 unspecified atom stereocenters. The summed E-state index contributed by atoms with van der Waals surface area (Å²) in [5.74, 6) is -1.16. The molecule has 616 valence electrons. The number of esters is 1. The summed E-state index contributed by atoms with van der Waals surface area (Å²) in [4.78, 5) is 15.3. The molecule has 4 saturated carbocycles. The third-order valence-electron chi connectivity index (χ3n) is 27.4. The molecule has 7 aliphatic heterocycles. The van der Waals surface area contributed by atoms with Crippen molar-refractivity contribution in [1.82, 2.24) is 0 Å². The molecule has 43 atom stereocenters. The number of hydrogen-bond donors (Lipinski definition) is 21. The van der Waals surface area contributed by atoms with E-state index in [2.05, 4.69) is 40.7 Å². The van der Waals surface area contributed by atoms with E-state index in [-0.39, 0.29) is 35.2 Å². The summed E-state index contributed by atoms with van der Waals surface area (Å²) in [6.45, 7) is 11.9. The second kappa shape index (κ2) is 32.1. The van der Waals surface area contributed by atoms with Gasteiger partial charge < -0.3 is 174 Å². The van der Waals surface area contributed by atoms with Crippen molar-refractivity contribution >= 4 is 5.97 Å². The van der Waals surface area contributed by atoms with Gasteiger partial charge in [0.05, 0.1) is 63.4 Å². The van der Waals surface area contributed by atoms with Crippen molar-refractivity contribution in [3.63, 3.8) is 0 Å². The van der Waals surface area contributed by atoms with Gasteiger partial charge in [0.15, 0.2) is 37.7 Å². The Morgan fingerprint density at radius 1 is 0.449 bits per heavy atom. The summed E-state index contributed by atoms with van der Waals surface area (Å²) in [6, 6.07) is 0. The number of fused-ring (bicyclic) bond motifs is 7. The Morgan fingerprint density at radius 2 is 0.944 bits per heavy atom. The van der Waals surface area contributed by atoms with Crippen LogP contribution in [0.25, 0.3) is 0 Å². The first-order valence-electron chi connectivity index (χ1n) is 37.7. The van der Waals surface area contributed by atoms with Gasteiger partial charge in [-0.25, -0.2) is 0 Å². The predicted octanol–water partition coefficient (Wildman–Crippen LogP) is -6.90. The molecular formula is C71H116O36. The van der Waals surface area contributed by atoms with E-state index in [1.54, 1.807) is 0 Å². The number of carbonyl (C=O) groups is 1. The fraction of sp³-hybridized carbons (Fsp3) is 0.958. The van der Waals surface area contributed by atoms with Gasteiger partial charge in [0.1, 0.15) is 153 Å². The highest BCUT2D eigenvalue weighted by Crippen LogP contribution is 2.76. The van der Waals surface area contributed by atoms with E-state index in [1.807, 2.05) is 6.92 Å². The highest BCUT2D eigenvalue weighted by Gasteiger charge is 2.71. The summed E-state index contributed by atoms with van der Waals surface area (Å²) in [6.07, 6.45) is -52.9. The largest absolute Gasteiger partial charge is 0.432 e. The molecule has 0 aromatic rings. The predicted molar refractivity (Wildman–Crippen MR) is 353 cm³/mol. The lowest BCUT2D eigenvalue weighted by Crippen LogP contribution is -2.68. The highest BCUT2D eigenvalue weighted by atomic mass is 16.8. The smallest absolute Gasteiger partial charge is 0.315 e. The number of aliphatic hydroxyl groups is 21. The molecule has 0 aromatic heterocycles. The van der Waals surface area contributed by atoms with Crippen LogP contribution in [0.3, 0.4) is 0 Å². The number of carbonyl (C=O) groups excluding carboxylic acids is 1. The second-order valence-electron chi connectivity index (χ2n) is 34.1. The van der Waals surface area contributed by atoms with Crippen molar-refractivity contribution in [2.45, 2.75) is 335 Å². The first-order chi connectivity index (χ1) is 50.3. The number of hydrogen-bond acceptors (Lipinski definition) is 36. The van der Waals surface area contributed by atoms with E-state index in [4.69, 9.17) is 66.3 Å². The highest BCUT2D eigenvalue weighted by molar-refractivity contribution is 5.79. The minimum absolute atomic E-state index is 0.0219. The quantitative estimate of drug-likeness (QED) is 0.0325. The van der Waals surface area contributed by atoms with E-state index >= 15 is 4.79 Å². The lowest BCUT2D eigenvalue weighted by molar-refractivity contribution is -0.403. The number of aliphatic hydroxyl groups excluding tert-OH is 21. The monoisotopic (exact) mass is 1540 g/mol. The summed E-state index contributed by atoms with van der Waals surface area (Å²) in [5, 5.41) is 231. The van der Waals surface area contributed by atoms with Crippen LogP contribution < -0.4 is 0 Å². The summed E-state index contributed by atoms with van der Waals surface area (Å²) >= 11 is 0. The molecule has 12 aliphatic rings. The third-order valence-corrected chi connectivity index (χ3v) is 27.4. The van der Waals surface area contributed by atoms with Gasteiger partial charge >= 0.3 is 5.97 Å². The topological polar surface area (TPSA) is 571 Å². The fourth-order valence-corrected chi connectivity index (χ4v) is 20.5. The van der Waals surface area contributed by atoms with Gasteiger partial charge in [-0.2, -0.15) is 0 Å². The van der Waals surface area contributed by atoms with Crippen LogP contribution in [0.5, 0.6) is 0 Å². The maximum absolute atomic E-state index is 15.3. The molecule has 0 aromatic carbocycles. The molecule has 0 amide bonds. The Hall–Kier alpha value is -2.15. The van der Waals surface area contributed by atoms with Gasteiger partial charge in [0, 0.05) is 5.41 Å². The van der Waals surface area contributed by atoms with Crippen LogP contribution in [0.15, 0.2) is 11.6 Å². The van der Waals surface area contributed by atoms with E-state index in [9.17, 15) is 107 Å². The van der Waals surface area contributed by atoms with E-state index < -0.39 is 276 Å². The van der Waals surface area contributed by atoms with Crippen LogP contribution in [0, 0.1) is 50.2 Å². The molecule has 0 spiro atoms. The van der Waals surface area contributed by atoms with Crippen LogP contribution in [0.2, 0.25) is 0 Å². The minimum atomic E-state index is -2.18. The Balaban J connectivity index is 0.742. The van der Waals surface area contributed by atoms with E-state index in [0.717, 1.165) is 5.57 Å². The van der Waals surface area contributed by atoms with Gasteiger partial charge in [0.25, 0.3) is 0 Å². The van der Waals surface area contributed by atoms with Crippen LogP contribution in [-0.4, -0.2) is 368 Å². The molecule has 0 bridgehead atoms. The van der Waals surface area contributed by atoms with Gasteiger partial charge in [-0.1, -0.05) is 53.2 Å². The summed E-state index contributed by atoms with van der Waals surface area (Å²) in [7, 11) is 0. The molecule has 5 aliphatic carbocycles. The lowest BCUT2D eigenvalue weighted by atomic mass is 9.33. The SMILES string of the molecule is C[C@@H]1O[C@H](O[C@@H]2[C@@H](O)[C@H](O[C@H]3[C@H](O)[C@@H](O[C@@H]4[C@@H](O[C@H]5CC[C@@]6(C)[C@@H](CC[C@]7(C)[C@@H]6CC=C6[C@H]8CC(C)(C)CC[C@@]8(C(=O)O[C@H]8O[C@@H](CO[C@H]9O[C@@H](CO)[C@H](O)[C@@H](O)[C@@H]9O)[C@H](O)[C@@H](O)[C@@H]8O)CC[C@]67C)[C@]5(C)CO)OC[C@H](O)[C@H]4O)O[C@@H](C)[C@@H]3O)O[C@H](CO)[C@H]2O[C@H]2O[C@@H](CO)[C@H](O)[C@@H](O)[C@@H]2O)[C@@H](O)[C@H](O)[C@H]1O. The second-order valence-corrected chi connectivity index (χ2v) is 34.1. The third kappa shape index (κ3) is 14.8. The van der Waals surface area contributed by atoms with Crippen LogP contribution in [0.4, 0.5) is 0 Å². The Morgan fingerprint density at radius 3 is 1.57 bits per heavy atom. The molecular weight excluding hydrogens is 1430 g/mol. The maximum atomic E-state index is 15.3. The number of allylic oxidation sites excluding steroid dienone is 2. The lowest BCUT2D eigenvalue weighted by Gasteiger charge is -2.71. The molecule has 0 radical (unpaired) electrons. The number of ether oxygens (including phenoxy) is 14. The molecule has 7 saturated heterocycles. The Labute approximate surface area is 618 Å². The zero-order chi connectivity index (χ0) is 78.0. The molecule has 11 fully saturated rings. The van der Waals surface area contributed by atoms with Gasteiger partial charge in [-0.3, -0.25) is 4.79 Å². The molecule has 36 heteroatoms. The molecule has 107 heavy (non-hydrogen) atoms. The van der Waals surface area contributed by atoms with Crippen molar-refractivity contribution in [3.05, 3.63) is 11.6 Å². The normalized spacial score (nSPS) is 55.1. The fourth-order valence-electron chi connectivity index (χ4n) is 20.5. The Bertz CT molecular complexity index is 3030. The van der Waals surface area contributed by atoms with Gasteiger partial charge in [0.2, 0.25) is 6.29 Å². The van der Waals surface area contributed by atoms with Gasteiger partial charge in [-0.15, -0.1) is 0 Å². The number of rotatable bonds is 19. The minimum Gasteiger partial charge on any atom is -0.432 e. The molecule has 21 N–H and O–H groups in total. The van der Waals surface area contributed by atoms with E-state index in [0.29, 0.717) is 64.2 Å². The van der Waals surface area contributed by atoms with Gasteiger partial charge in [-0.05, 0) is 117 Å². The van der Waals surface area contributed by atoms with Crippen molar-refractivity contribution in [2.24, 2.45) is 50.2 Å². The van der Waals surface area contributed by atoms with Crippen LogP contribution in [-0.2, 0) is 71.1 Å². The van der Waals surface area contributed by atoms with Crippen molar-refractivity contribution < 1.29 is 178 Å². The zero-order valence-corrected chi connectivity index (χ0v) is 61.3. The molecule has 12 rings (SSSR count).